The molecule has 2 aromatic carbocycles. The number of rotatable bonds is 6. The minimum absolute atomic E-state index is 0.0259. The molecule has 168 valence electrons. The molecule has 0 aliphatic rings. The number of aromatic carboxylic acids is 2. The van der Waals surface area contributed by atoms with E-state index in [2.05, 4.69) is 0 Å². The highest BCUT2D eigenvalue weighted by Gasteiger charge is 2.21. The van der Waals surface area contributed by atoms with Crippen LogP contribution in [-0.2, 0) is 0 Å². The van der Waals surface area contributed by atoms with E-state index in [1.807, 2.05) is 0 Å². The molecule has 0 aliphatic carbocycles. The van der Waals surface area contributed by atoms with Crippen molar-refractivity contribution in [2.75, 3.05) is 14.2 Å². The summed E-state index contributed by atoms with van der Waals surface area (Å²) < 4.78 is 21.4. The molecular formula is C22H14O10S. The van der Waals surface area contributed by atoms with Crippen LogP contribution in [0.4, 0.5) is 0 Å². The van der Waals surface area contributed by atoms with E-state index in [9.17, 15) is 29.4 Å². The van der Waals surface area contributed by atoms with Crippen molar-refractivity contribution < 1.29 is 38.1 Å². The van der Waals surface area contributed by atoms with Gasteiger partial charge in [-0.15, -0.1) is 0 Å². The Morgan fingerprint density at radius 3 is 1.48 bits per heavy atom. The zero-order valence-corrected chi connectivity index (χ0v) is 17.8. The summed E-state index contributed by atoms with van der Waals surface area (Å²) >= 11 is 0.981. The smallest absolute Gasteiger partial charge is 0.371 e. The Labute approximate surface area is 188 Å². The molecule has 2 aromatic heterocycles. The summed E-state index contributed by atoms with van der Waals surface area (Å²) in [5.41, 5.74) is -1.34. The van der Waals surface area contributed by atoms with Crippen molar-refractivity contribution in [1.82, 2.24) is 0 Å². The lowest BCUT2D eigenvalue weighted by Gasteiger charge is -2.12. The molecule has 2 heterocycles. The Balaban J connectivity index is 2.01. The maximum Gasteiger partial charge on any atom is 0.371 e. The molecule has 0 aliphatic heterocycles. The molecule has 0 amide bonds. The molecule has 0 radical (unpaired) electrons. The van der Waals surface area contributed by atoms with Crippen molar-refractivity contribution in [1.29, 1.82) is 0 Å². The van der Waals surface area contributed by atoms with Crippen molar-refractivity contribution in [2.24, 2.45) is 0 Å². The third kappa shape index (κ3) is 3.78. The predicted molar refractivity (Wildman–Crippen MR) is 116 cm³/mol. The summed E-state index contributed by atoms with van der Waals surface area (Å²) in [5, 5.41) is 18.6. The van der Waals surface area contributed by atoms with Gasteiger partial charge >= 0.3 is 11.9 Å². The van der Waals surface area contributed by atoms with Gasteiger partial charge in [-0.1, -0.05) is 11.8 Å². The number of hydrogen-bond acceptors (Lipinski definition) is 9. The Hall–Kier alpha value is -4.25. The molecule has 0 spiro atoms. The number of methoxy groups -OCH3 is 2. The summed E-state index contributed by atoms with van der Waals surface area (Å²) in [6.07, 6.45) is 0. The van der Waals surface area contributed by atoms with Gasteiger partial charge in [-0.25, -0.2) is 9.59 Å². The second-order valence-corrected chi connectivity index (χ2v) is 7.69. The Morgan fingerprint density at radius 1 is 0.758 bits per heavy atom. The first-order valence-corrected chi connectivity index (χ1v) is 10.0. The summed E-state index contributed by atoms with van der Waals surface area (Å²) in [6.45, 7) is 0. The van der Waals surface area contributed by atoms with Gasteiger partial charge in [0.15, 0.2) is 22.0 Å². The molecule has 0 atom stereocenters. The SMILES string of the molecule is COc1ccc(Sc2ccc(OC)c3c(=O)cc(C(=O)O)oc23)c2oc(C(=O)O)cc(=O)c12. The van der Waals surface area contributed by atoms with Crippen LogP contribution in [0.15, 0.2) is 64.6 Å². The maximum absolute atomic E-state index is 12.6. The molecule has 0 saturated carbocycles. The zero-order valence-electron chi connectivity index (χ0n) is 17.0. The Bertz CT molecular complexity index is 1450. The fourth-order valence-corrected chi connectivity index (χ4v) is 4.23. The Morgan fingerprint density at radius 2 is 1.15 bits per heavy atom. The number of carboxylic acids is 2. The molecule has 0 unspecified atom stereocenters. The van der Waals surface area contributed by atoms with Gasteiger partial charge in [0.1, 0.15) is 22.3 Å². The van der Waals surface area contributed by atoms with Gasteiger partial charge in [0.25, 0.3) is 0 Å². The Kier molecular flexibility index (Phi) is 5.56. The van der Waals surface area contributed by atoms with Crippen LogP contribution in [0.3, 0.4) is 0 Å². The van der Waals surface area contributed by atoms with Crippen molar-refractivity contribution in [3.05, 3.63) is 68.4 Å². The van der Waals surface area contributed by atoms with E-state index >= 15 is 0 Å². The molecule has 0 fully saturated rings. The van der Waals surface area contributed by atoms with E-state index in [4.69, 9.17) is 18.3 Å². The van der Waals surface area contributed by atoms with Gasteiger partial charge < -0.3 is 28.5 Å². The summed E-state index contributed by atoms with van der Waals surface area (Å²) in [6, 6.07) is 7.79. The third-order valence-corrected chi connectivity index (χ3v) is 5.77. The predicted octanol–water partition coefficient (Wildman–Crippen LogP) is 3.46. The van der Waals surface area contributed by atoms with Gasteiger partial charge in [0, 0.05) is 12.1 Å². The fraction of sp³-hybridized carbons (Fsp3) is 0.0909. The first kappa shape index (κ1) is 22.0. The van der Waals surface area contributed by atoms with Gasteiger partial charge in [-0.2, -0.15) is 0 Å². The molecule has 4 rings (SSSR count). The average Bonchev–Trinajstić information content (AvgIpc) is 2.79. The summed E-state index contributed by atoms with van der Waals surface area (Å²) in [4.78, 5) is 48.6. The number of hydrogen-bond donors (Lipinski definition) is 2. The highest BCUT2D eigenvalue weighted by Crippen LogP contribution is 2.40. The highest BCUT2D eigenvalue weighted by atomic mass is 32.2. The van der Waals surface area contributed by atoms with Crippen LogP contribution in [0.2, 0.25) is 0 Å². The maximum atomic E-state index is 12.6. The number of ether oxygens (including phenoxy) is 2. The van der Waals surface area contributed by atoms with Crippen LogP contribution >= 0.6 is 11.8 Å². The van der Waals surface area contributed by atoms with Crippen LogP contribution < -0.4 is 20.3 Å². The van der Waals surface area contributed by atoms with Gasteiger partial charge in [0.2, 0.25) is 11.5 Å². The van der Waals surface area contributed by atoms with E-state index in [1.165, 1.54) is 38.5 Å². The topological polar surface area (TPSA) is 153 Å². The average molecular weight is 470 g/mol. The number of benzene rings is 2. The van der Waals surface area contributed by atoms with E-state index in [0.717, 1.165) is 23.9 Å². The third-order valence-electron chi connectivity index (χ3n) is 4.69. The van der Waals surface area contributed by atoms with Crippen LogP contribution in [0.25, 0.3) is 21.9 Å². The van der Waals surface area contributed by atoms with Crippen molar-refractivity contribution in [3.63, 3.8) is 0 Å². The standard InChI is InChI=1S/C22H14O10S/c1-29-11-3-5-15(19-17(11)9(23)7-13(31-19)21(25)26)33-16-6-4-12(30-2)18-10(24)8-14(22(27)28)32-20(16)18/h3-8H,1-2H3,(H,25,26)(H,27,28). The molecule has 4 aromatic rings. The first-order valence-electron chi connectivity index (χ1n) is 9.19. The lowest BCUT2D eigenvalue weighted by atomic mass is 10.2. The molecule has 2 N–H and O–H groups in total. The van der Waals surface area contributed by atoms with Crippen LogP contribution in [0.1, 0.15) is 21.1 Å². The highest BCUT2D eigenvalue weighted by molar-refractivity contribution is 7.99. The van der Waals surface area contributed by atoms with Crippen molar-refractivity contribution >= 4 is 45.6 Å². The lowest BCUT2D eigenvalue weighted by Crippen LogP contribution is -2.08. The normalized spacial score (nSPS) is 11.0. The zero-order chi connectivity index (χ0) is 23.9. The fourth-order valence-electron chi connectivity index (χ4n) is 3.25. The quantitative estimate of drug-likeness (QED) is 0.426. The van der Waals surface area contributed by atoms with E-state index < -0.39 is 34.3 Å². The number of carbonyl (C=O) groups is 2. The minimum Gasteiger partial charge on any atom is -0.496 e. The second kappa shape index (κ2) is 8.36. The van der Waals surface area contributed by atoms with E-state index in [1.54, 1.807) is 0 Å². The van der Waals surface area contributed by atoms with Crippen molar-refractivity contribution in [3.8, 4) is 11.5 Å². The number of fused-ring (bicyclic) bond motifs is 2. The largest absolute Gasteiger partial charge is 0.496 e. The van der Waals surface area contributed by atoms with Crippen molar-refractivity contribution in [2.45, 2.75) is 9.79 Å². The van der Waals surface area contributed by atoms with E-state index in [0.29, 0.717) is 9.79 Å². The molecule has 0 saturated heterocycles. The lowest BCUT2D eigenvalue weighted by molar-refractivity contribution is 0.0653. The summed E-state index contributed by atoms with van der Waals surface area (Å²) in [7, 11) is 2.70. The molecular weight excluding hydrogens is 456 g/mol. The minimum atomic E-state index is -1.43. The molecule has 33 heavy (non-hydrogen) atoms. The van der Waals surface area contributed by atoms with Crippen LogP contribution in [0.5, 0.6) is 11.5 Å². The molecule has 11 heteroatoms. The van der Waals surface area contributed by atoms with E-state index in [-0.39, 0.29) is 33.4 Å². The molecule has 0 bridgehead atoms. The monoisotopic (exact) mass is 470 g/mol. The first-order chi connectivity index (χ1) is 15.7. The van der Waals surface area contributed by atoms with Crippen LogP contribution in [-0.4, -0.2) is 36.4 Å². The van der Waals surface area contributed by atoms with Gasteiger partial charge in [0.05, 0.1) is 24.0 Å². The van der Waals surface area contributed by atoms with Gasteiger partial charge in [-0.05, 0) is 24.3 Å². The number of carboxylic acid groups (broad SMARTS) is 2. The van der Waals surface area contributed by atoms with Gasteiger partial charge in [-0.3, -0.25) is 9.59 Å². The second-order valence-electron chi connectivity index (χ2n) is 6.60. The van der Waals surface area contributed by atoms with Crippen LogP contribution in [0, 0.1) is 0 Å². The summed E-state index contributed by atoms with van der Waals surface area (Å²) in [5.74, 6) is -3.64. The molecule has 10 nitrogen and oxygen atoms in total.